The van der Waals surface area contributed by atoms with Crippen molar-refractivity contribution in [2.45, 2.75) is 45.3 Å². The number of likely N-dealkylation sites (tertiary alicyclic amines) is 1. The van der Waals surface area contributed by atoms with Gasteiger partial charge in [-0.3, -0.25) is 0 Å². The maximum Gasteiger partial charge on any atom is 0.0219 e. The predicted molar refractivity (Wildman–Crippen MR) is 71.0 cm³/mol. The van der Waals surface area contributed by atoms with Crippen LogP contribution in [0.15, 0.2) is 10.8 Å². The molecule has 2 unspecified atom stereocenters. The standard InChI is InChI=1S/C13H22N2S/c1-10-8-16-9-12(10)7-14-13-4-5-15(3)11(2)6-13/h8-9,11,13-14H,4-7H2,1-3H3. The van der Waals surface area contributed by atoms with Gasteiger partial charge in [0, 0.05) is 18.6 Å². The second kappa shape index (κ2) is 5.30. The number of aryl methyl sites for hydroxylation is 1. The lowest BCUT2D eigenvalue weighted by atomic mass is 9.99. The lowest BCUT2D eigenvalue weighted by Crippen LogP contribution is -2.45. The lowest BCUT2D eigenvalue weighted by Gasteiger charge is -2.35. The fourth-order valence-corrected chi connectivity index (χ4v) is 3.15. The van der Waals surface area contributed by atoms with Crippen molar-refractivity contribution in [2.24, 2.45) is 0 Å². The molecule has 1 aromatic rings. The van der Waals surface area contributed by atoms with Gasteiger partial charge in [-0.15, -0.1) is 0 Å². The number of nitrogens with zero attached hydrogens (tertiary/aromatic N) is 1. The average molecular weight is 238 g/mol. The van der Waals surface area contributed by atoms with E-state index in [1.165, 1.54) is 30.5 Å². The molecule has 1 aromatic heterocycles. The number of rotatable bonds is 3. The van der Waals surface area contributed by atoms with E-state index in [0.29, 0.717) is 6.04 Å². The summed E-state index contributed by atoms with van der Waals surface area (Å²) in [7, 11) is 2.23. The number of piperidine rings is 1. The van der Waals surface area contributed by atoms with E-state index in [-0.39, 0.29) is 0 Å². The van der Waals surface area contributed by atoms with Gasteiger partial charge in [0.25, 0.3) is 0 Å². The van der Waals surface area contributed by atoms with Crippen molar-refractivity contribution >= 4 is 11.3 Å². The molecule has 0 amide bonds. The van der Waals surface area contributed by atoms with E-state index in [1.54, 1.807) is 11.3 Å². The Kier molecular flexibility index (Phi) is 4.00. The summed E-state index contributed by atoms with van der Waals surface area (Å²) in [6.07, 6.45) is 2.56. The molecule has 0 aliphatic carbocycles. The molecular formula is C13H22N2S. The van der Waals surface area contributed by atoms with Gasteiger partial charge in [0.2, 0.25) is 0 Å². The molecule has 90 valence electrons. The maximum atomic E-state index is 3.70. The van der Waals surface area contributed by atoms with Crippen LogP contribution in [0.1, 0.15) is 30.9 Å². The van der Waals surface area contributed by atoms with Crippen LogP contribution >= 0.6 is 11.3 Å². The van der Waals surface area contributed by atoms with E-state index >= 15 is 0 Å². The van der Waals surface area contributed by atoms with Crippen LogP contribution in [0.3, 0.4) is 0 Å². The topological polar surface area (TPSA) is 15.3 Å². The predicted octanol–water partition coefficient (Wildman–Crippen LogP) is 2.63. The molecule has 0 radical (unpaired) electrons. The fraction of sp³-hybridized carbons (Fsp3) is 0.692. The normalized spacial score (nSPS) is 27.2. The van der Waals surface area contributed by atoms with Crippen LogP contribution in [0.2, 0.25) is 0 Å². The molecule has 1 fully saturated rings. The second-order valence-corrected chi connectivity index (χ2v) is 5.76. The highest BCUT2D eigenvalue weighted by Crippen LogP contribution is 2.17. The molecule has 1 N–H and O–H groups in total. The van der Waals surface area contributed by atoms with Gasteiger partial charge >= 0.3 is 0 Å². The van der Waals surface area contributed by atoms with Gasteiger partial charge in [0.15, 0.2) is 0 Å². The highest BCUT2D eigenvalue weighted by atomic mass is 32.1. The third-order valence-corrected chi connectivity index (χ3v) is 4.66. The molecule has 2 atom stereocenters. The average Bonchev–Trinajstić information content (AvgIpc) is 2.66. The molecule has 3 heteroatoms. The van der Waals surface area contributed by atoms with E-state index in [0.717, 1.165) is 12.6 Å². The van der Waals surface area contributed by atoms with E-state index < -0.39 is 0 Å². The zero-order valence-corrected chi connectivity index (χ0v) is 11.3. The van der Waals surface area contributed by atoms with Crippen LogP contribution in [0.4, 0.5) is 0 Å². The monoisotopic (exact) mass is 238 g/mol. The molecular weight excluding hydrogens is 216 g/mol. The van der Waals surface area contributed by atoms with E-state index in [9.17, 15) is 0 Å². The SMILES string of the molecule is Cc1cscc1CNC1CCN(C)C(C)C1. The van der Waals surface area contributed by atoms with E-state index in [4.69, 9.17) is 0 Å². The third kappa shape index (κ3) is 2.84. The Morgan fingerprint density at radius 2 is 2.31 bits per heavy atom. The van der Waals surface area contributed by atoms with Gasteiger partial charge in [-0.2, -0.15) is 11.3 Å². The summed E-state index contributed by atoms with van der Waals surface area (Å²) in [5, 5.41) is 8.19. The summed E-state index contributed by atoms with van der Waals surface area (Å²) < 4.78 is 0. The zero-order valence-electron chi connectivity index (χ0n) is 10.5. The summed E-state index contributed by atoms with van der Waals surface area (Å²) >= 11 is 1.81. The molecule has 1 aliphatic heterocycles. The van der Waals surface area contributed by atoms with Crippen molar-refractivity contribution in [1.29, 1.82) is 0 Å². The molecule has 1 aliphatic rings. The minimum absolute atomic E-state index is 0.700. The molecule has 2 nitrogen and oxygen atoms in total. The van der Waals surface area contributed by atoms with Crippen LogP contribution in [0, 0.1) is 6.92 Å². The molecule has 2 rings (SSSR count). The van der Waals surface area contributed by atoms with Gasteiger partial charge in [0.1, 0.15) is 0 Å². The fourth-order valence-electron chi connectivity index (χ4n) is 2.30. The Morgan fingerprint density at radius 3 is 2.94 bits per heavy atom. The quantitative estimate of drug-likeness (QED) is 0.871. The summed E-state index contributed by atoms with van der Waals surface area (Å²) in [5.41, 5.74) is 2.90. The van der Waals surface area contributed by atoms with Crippen LogP contribution in [0.25, 0.3) is 0 Å². The minimum atomic E-state index is 0.700. The molecule has 0 saturated carbocycles. The summed E-state index contributed by atoms with van der Waals surface area (Å²) in [6.45, 7) is 6.78. The largest absolute Gasteiger partial charge is 0.310 e. The van der Waals surface area contributed by atoms with E-state index in [2.05, 4.69) is 41.9 Å². The lowest BCUT2D eigenvalue weighted by molar-refractivity contribution is 0.168. The first-order chi connectivity index (χ1) is 7.66. The van der Waals surface area contributed by atoms with Gasteiger partial charge in [0.05, 0.1) is 0 Å². The van der Waals surface area contributed by atoms with Gasteiger partial charge in [-0.05, 0) is 62.2 Å². The smallest absolute Gasteiger partial charge is 0.0219 e. The molecule has 0 aromatic carbocycles. The summed E-state index contributed by atoms with van der Waals surface area (Å²) in [6, 6.07) is 1.42. The Morgan fingerprint density at radius 1 is 1.50 bits per heavy atom. The molecule has 16 heavy (non-hydrogen) atoms. The van der Waals surface area contributed by atoms with Crippen molar-refractivity contribution in [3.8, 4) is 0 Å². The maximum absolute atomic E-state index is 3.70. The van der Waals surface area contributed by atoms with Crippen molar-refractivity contribution in [1.82, 2.24) is 10.2 Å². The first kappa shape index (κ1) is 12.1. The summed E-state index contributed by atoms with van der Waals surface area (Å²) in [5.74, 6) is 0. The van der Waals surface area contributed by atoms with Crippen molar-refractivity contribution in [2.75, 3.05) is 13.6 Å². The number of thiophene rings is 1. The van der Waals surface area contributed by atoms with E-state index in [1.807, 2.05) is 0 Å². The molecule has 2 heterocycles. The third-order valence-electron chi connectivity index (χ3n) is 3.75. The van der Waals surface area contributed by atoms with Crippen molar-refractivity contribution in [3.63, 3.8) is 0 Å². The first-order valence-corrected chi connectivity index (χ1v) is 7.06. The number of nitrogens with one attached hydrogen (secondary N) is 1. The van der Waals surface area contributed by atoms with Crippen LogP contribution in [0.5, 0.6) is 0 Å². The van der Waals surface area contributed by atoms with Gasteiger partial charge in [-0.25, -0.2) is 0 Å². The Hall–Kier alpha value is -0.380. The number of hydrogen-bond acceptors (Lipinski definition) is 3. The van der Waals surface area contributed by atoms with Gasteiger partial charge < -0.3 is 10.2 Å². The van der Waals surface area contributed by atoms with Crippen LogP contribution < -0.4 is 5.32 Å². The highest BCUT2D eigenvalue weighted by molar-refractivity contribution is 7.08. The molecule has 0 bridgehead atoms. The Labute approximate surface area is 103 Å². The van der Waals surface area contributed by atoms with Crippen LogP contribution in [-0.4, -0.2) is 30.6 Å². The van der Waals surface area contributed by atoms with Gasteiger partial charge in [-0.1, -0.05) is 0 Å². The first-order valence-electron chi connectivity index (χ1n) is 6.12. The van der Waals surface area contributed by atoms with Crippen molar-refractivity contribution in [3.05, 3.63) is 21.9 Å². The summed E-state index contributed by atoms with van der Waals surface area (Å²) in [4.78, 5) is 2.45. The molecule has 0 spiro atoms. The molecule has 1 saturated heterocycles. The van der Waals surface area contributed by atoms with Crippen LogP contribution in [-0.2, 0) is 6.54 Å². The minimum Gasteiger partial charge on any atom is -0.310 e. The second-order valence-electron chi connectivity index (χ2n) is 5.01. The zero-order chi connectivity index (χ0) is 11.5. The number of hydrogen-bond donors (Lipinski definition) is 1. The Balaban J connectivity index is 1.81. The Bertz CT molecular complexity index is 334. The van der Waals surface area contributed by atoms with Crippen molar-refractivity contribution < 1.29 is 0 Å². The highest BCUT2D eigenvalue weighted by Gasteiger charge is 2.22.